The molecule has 3 aromatic rings. The zero-order valence-electron chi connectivity index (χ0n) is 23.1. The van der Waals surface area contributed by atoms with Gasteiger partial charge in [0.1, 0.15) is 16.5 Å². The van der Waals surface area contributed by atoms with Crippen LogP contribution in [0.4, 0.5) is 10.5 Å². The molecule has 14 nitrogen and oxygen atoms in total. The molecule has 0 spiro atoms. The topological polar surface area (TPSA) is 184 Å². The van der Waals surface area contributed by atoms with Crippen LogP contribution in [0.2, 0.25) is 5.02 Å². The molecular formula is C28H26ClN5O9. The van der Waals surface area contributed by atoms with Gasteiger partial charge in [-0.3, -0.25) is 14.9 Å². The minimum absolute atomic E-state index is 0.00577. The van der Waals surface area contributed by atoms with Crippen molar-refractivity contribution in [1.82, 2.24) is 16.1 Å². The summed E-state index contributed by atoms with van der Waals surface area (Å²) in [7, 11) is 1.41. The number of halogens is 1. The van der Waals surface area contributed by atoms with Gasteiger partial charge in [0, 0.05) is 17.3 Å². The molecule has 0 radical (unpaired) electrons. The molecular weight excluding hydrogens is 586 g/mol. The van der Waals surface area contributed by atoms with E-state index in [9.17, 15) is 24.5 Å². The number of nitrogens with one attached hydrogen (secondary N) is 3. The summed E-state index contributed by atoms with van der Waals surface area (Å²) < 4.78 is 21.8. The molecule has 3 amide bonds. The van der Waals surface area contributed by atoms with Crippen molar-refractivity contribution >= 4 is 41.4 Å². The van der Waals surface area contributed by atoms with Gasteiger partial charge in [0.2, 0.25) is 0 Å². The predicted octanol–water partition coefficient (Wildman–Crippen LogP) is 4.24. The molecule has 0 saturated heterocycles. The number of nitro groups is 1. The molecule has 15 heteroatoms. The van der Waals surface area contributed by atoms with Crippen molar-refractivity contribution in [3.63, 3.8) is 0 Å². The molecule has 1 atom stereocenters. The first-order valence-electron chi connectivity index (χ1n) is 12.7. The Hall–Kier alpha value is -5.37. The van der Waals surface area contributed by atoms with E-state index in [0.717, 1.165) is 0 Å². The van der Waals surface area contributed by atoms with Crippen molar-refractivity contribution < 1.29 is 37.9 Å². The Kier molecular flexibility index (Phi) is 9.62. The van der Waals surface area contributed by atoms with Gasteiger partial charge in [-0.1, -0.05) is 17.7 Å². The molecule has 1 aliphatic heterocycles. The van der Waals surface area contributed by atoms with Gasteiger partial charge < -0.3 is 29.3 Å². The highest BCUT2D eigenvalue weighted by molar-refractivity contribution is 6.32. The number of amides is 3. The molecule has 1 aliphatic rings. The normalized spacial score (nSPS) is 14.6. The van der Waals surface area contributed by atoms with E-state index in [0.29, 0.717) is 22.6 Å². The number of carbonyl (C=O) groups is 3. The van der Waals surface area contributed by atoms with Gasteiger partial charge in [0.25, 0.3) is 11.6 Å². The number of urea groups is 1. The quantitative estimate of drug-likeness (QED) is 0.123. The van der Waals surface area contributed by atoms with E-state index in [1.54, 1.807) is 50.2 Å². The van der Waals surface area contributed by atoms with Crippen LogP contribution in [0, 0.1) is 10.1 Å². The highest BCUT2D eigenvalue weighted by Gasteiger charge is 2.32. The van der Waals surface area contributed by atoms with Crippen LogP contribution in [0.3, 0.4) is 0 Å². The summed E-state index contributed by atoms with van der Waals surface area (Å²) >= 11 is 5.85. The van der Waals surface area contributed by atoms with Crippen LogP contribution in [0.25, 0.3) is 11.3 Å². The zero-order valence-corrected chi connectivity index (χ0v) is 23.9. The lowest BCUT2D eigenvalue weighted by atomic mass is 9.95. The molecule has 224 valence electrons. The smallest absolute Gasteiger partial charge is 0.338 e. The lowest BCUT2D eigenvalue weighted by Gasteiger charge is -2.28. The summed E-state index contributed by atoms with van der Waals surface area (Å²) in [5.74, 6) is -0.0483. The van der Waals surface area contributed by atoms with Crippen LogP contribution in [0.15, 0.2) is 69.3 Å². The number of allylic oxidation sites excluding steroid dienone is 1. The van der Waals surface area contributed by atoms with Gasteiger partial charge in [-0.2, -0.15) is 5.10 Å². The second-order valence-electron chi connectivity index (χ2n) is 8.91. The second kappa shape index (κ2) is 13.5. The van der Waals surface area contributed by atoms with Gasteiger partial charge in [0.15, 0.2) is 18.1 Å². The Labute approximate surface area is 249 Å². The van der Waals surface area contributed by atoms with Crippen LogP contribution in [-0.2, 0) is 14.3 Å². The Morgan fingerprint density at radius 2 is 1.98 bits per heavy atom. The molecule has 2 heterocycles. The van der Waals surface area contributed by atoms with E-state index < -0.39 is 35.5 Å². The number of rotatable bonds is 11. The van der Waals surface area contributed by atoms with Crippen LogP contribution >= 0.6 is 11.6 Å². The van der Waals surface area contributed by atoms with E-state index in [2.05, 4.69) is 21.2 Å². The van der Waals surface area contributed by atoms with E-state index in [4.69, 9.17) is 30.2 Å². The third kappa shape index (κ3) is 7.29. The Bertz CT molecular complexity index is 1630. The first-order chi connectivity index (χ1) is 20.6. The number of nitrogens with zero attached hydrogens (tertiary/aromatic N) is 2. The van der Waals surface area contributed by atoms with Gasteiger partial charge in [-0.25, -0.2) is 15.0 Å². The Morgan fingerprint density at radius 1 is 1.19 bits per heavy atom. The molecule has 0 saturated carbocycles. The second-order valence-corrected chi connectivity index (χ2v) is 9.32. The molecule has 2 aromatic carbocycles. The average Bonchev–Trinajstić information content (AvgIpc) is 3.44. The van der Waals surface area contributed by atoms with Crippen molar-refractivity contribution in [3.05, 3.63) is 86.3 Å². The van der Waals surface area contributed by atoms with Crippen molar-refractivity contribution in [2.75, 3.05) is 20.3 Å². The number of nitro benzene ring substituents is 1. The number of furan rings is 1. The predicted molar refractivity (Wildman–Crippen MR) is 154 cm³/mol. The maximum absolute atomic E-state index is 12.6. The van der Waals surface area contributed by atoms with Crippen LogP contribution in [0.5, 0.6) is 11.5 Å². The SMILES string of the molecule is CCOC(=O)C1=C(C)NC(=O)N[C@@H]1c1ccc(OCC(=O)N/N=C\c2ccc(-c3ccc(Cl)c([N+](=O)[O-])c3)o2)c(OC)c1. The van der Waals surface area contributed by atoms with Crippen molar-refractivity contribution in [2.45, 2.75) is 19.9 Å². The standard InChI is InChI=1S/C28H26ClN5O9/c1-4-41-27(36)25-15(2)31-28(37)32-26(25)17-6-9-22(23(12-17)40-3)42-14-24(35)33-30-13-18-7-10-21(43-18)16-5-8-19(29)20(11-16)34(38)39/h5-13,26H,4,14H2,1-3H3,(H,33,35)(H2,31,32,37)/b30-13-/t26-/m1/s1. The number of hydrogen-bond donors (Lipinski definition) is 3. The summed E-state index contributed by atoms with van der Waals surface area (Å²) in [6, 6.07) is 10.9. The van der Waals surface area contributed by atoms with Gasteiger partial charge in [0.05, 0.1) is 36.5 Å². The fourth-order valence-corrected chi connectivity index (χ4v) is 4.32. The number of benzene rings is 2. The molecule has 0 fully saturated rings. The van der Waals surface area contributed by atoms with E-state index in [-0.39, 0.29) is 40.1 Å². The van der Waals surface area contributed by atoms with E-state index in [1.807, 2.05) is 0 Å². The first kappa shape index (κ1) is 30.6. The fraction of sp³-hybridized carbons (Fsp3) is 0.214. The Morgan fingerprint density at radius 3 is 2.70 bits per heavy atom. The number of hydrogen-bond acceptors (Lipinski definition) is 10. The third-order valence-electron chi connectivity index (χ3n) is 6.08. The number of ether oxygens (including phenoxy) is 3. The highest BCUT2D eigenvalue weighted by Crippen LogP contribution is 2.35. The maximum atomic E-state index is 12.6. The number of esters is 1. The summed E-state index contributed by atoms with van der Waals surface area (Å²) in [4.78, 5) is 47.6. The molecule has 0 unspecified atom stereocenters. The largest absolute Gasteiger partial charge is 0.493 e. The minimum atomic E-state index is -0.801. The molecule has 0 bridgehead atoms. The molecule has 3 N–H and O–H groups in total. The van der Waals surface area contributed by atoms with Crippen LogP contribution < -0.4 is 25.5 Å². The summed E-state index contributed by atoms with van der Waals surface area (Å²) in [6.07, 6.45) is 1.26. The summed E-state index contributed by atoms with van der Waals surface area (Å²) in [6.45, 7) is 3.03. The summed E-state index contributed by atoms with van der Waals surface area (Å²) in [5.41, 5.74) is 3.63. The Balaban J connectivity index is 1.38. The lowest BCUT2D eigenvalue weighted by Crippen LogP contribution is -2.45. The third-order valence-corrected chi connectivity index (χ3v) is 6.40. The zero-order chi connectivity index (χ0) is 31.1. The first-order valence-corrected chi connectivity index (χ1v) is 13.1. The monoisotopic (exact) mass is 611 g/mol. The van der Waals surface area contributed by atoms with Crippen LogP contribution in [0.1, 0.15) is 31.2 Å². The van der Waals surface area contributed by atoms with Crippen molar-refractivity contribution in [2.24, 2.45) is 5.10 Å². The van der Waals surface area contributed by atoms with Crippen molar-refractivity contribution in [1.29, 1.82) is 0 Å². The average molecular weight is 612 g/mol. The van der Waals surface area contributed by atoms with E-state index >= 15 is 0 Å². The van der Waals surface area contributed by atoms with Gasteiger partial charge >= 0.3 is 12.0 Å². The lowest BCUT2D eigenvalue weighted by molar-refractivity contribution is -0.384. The molecule has 4 rings (SSSR count). The number of hydrazone groups is 1. The van der Waals surface area contributed by atoms with Crippen molar-refractivity contribution in [3.8, 4) is 22.8 Å². The summed E-state index contributed by atoms with van der Waals surface area (Å²) in [5, 5.41) is 20.2. The van der Waals surface area contributed by atoms with Gasteiger partial charge in [-0.05, 0) is 55.8 Å². The maximum Gasteiger partial charge on any atom is 0.338 e. The van der Waals surface area contributed by atoms with Crippen LogP contribution in [-0.4, -0.2) is 49.4 Å². The fourth-order valence-electron chi connectivity index (χ4n) is 4.13. The number of methoxy groups -OCH3 is 1. The molecule has 1 aromatic heterocycles. The highest BCUT2D eigenvalue weighted by atomic mass is 35.5. The molecule has 0 aliphatic carbocycles. The minimum Gasteiger partial charge on any atom is -0.493 e. The van der Waals surface area contributed by atoms with E-state index in [1.165, 1.54) is 25.5 Å². The molecule has 43 heavy (non-hydrogen) atoms. The number of carbonyl (C=O) groups excluding carboxylic acids is 3. The van der Waals surface area contributed by atoms with Gasteiger partial charge in [-0.15, -0.1) is 0 Å².